The van der Waals surface area contributed by atoms with E-state index in [-0.39, 0.29) is 17.2 Å². The number of carbonyl (C=O) groups is 1. The van der Waals surface area contributed by atoms with Gasteiger partial charge in [-0.2, -0.15) is 0 Å². The Morgan fingerprint density at radius 2 is 1.95 bits per heavy atom. The third kappa shape index (κ3) is 3.06. The average molecular weight is 276 g/mol. The molecule has 0 aliphatic carbocycles. The molecule has 4 heteroatoms. The highest BCUT2D eigenvalue weighted by Crippen LogP contribution is 2.21. The van der Waals surface area contributed by atoms with E-state index in [2.05, 4.69) is 5.32 Å². The van der Waals surface area contributed by atoms with Crippen LogP contribution in [0.15, 0.2) is 42.5 Å². The van der Waals surface area contributed by atoms with Gasteiger partial charge in [-0.3, -0.25) is 4.79 Å². The number of rotatable bonds is 3. The Morgan fingerprint density at radius 3 is 2.68 bits per heavy atom. The SMILES string of the molecule is Cc1cccc(C(=O)NCc2ccccc2Cl)c1O. The minimum Gasteiger partial charge on any atom is -0.507 e. The van der Waals surface area contributed by atoms with Crippen LogP contribution in [0.5, 0.6) is 5.75 Å². The Balaban J connectivity index is 2.10. The molecule has 2 N–H and O–H groups in total. The Morgan fingerprint density at radius 1 is 1.21 bits per heavy atom. The quantitative estimate of drug-likeness (QED) is 0.903. The zero-order chi connectivity index (χ0) is 13.8. The van der Waals surface area contributed by atoms with Crippen molar-refractivity contribution >= 4 is 17.5 Å². The molecule has 0 unspecified atom stereocenters. The van der Waals surface area contributed by atoms with E-state index in [1.165, 1.54) is 0 Å². The second-order valence-electron chi connectivity index (χ2n) is 4.25. The Kier molecular flexibility index (Phi) is 4.07. The number of aromatic hydroxyl groups is 1. The van der Waals surface area contributed by atoms with Crippen molar-refractivity contribution < 1.29 is 9.90 Å². The molecule has 3 nitrogen and oxygen atoms in total. The number of amides is 1. The molecular weight excluding hydrogens is 262 g/mol. The van der Waals surface area contributed by atoms with E-state index in [4.69, 9.17) is 11.6 Å². The lowest BCUT2D eigenvalue weighted by atomic mass is 10.1. The maximum atomic E-state index is 12.0. The van der Waals surface area contributed by atoms with Gasteiger partial charge in [-0.15, -0.1) is 0 Å². The summed E-state index contributed by atoms with van der Waals surface area (Å²) in [6.45, 7) is 2.08. The molecule has 2 aromatic carbocycles. The van der Waals surface area contributed by atoms with Crippen molar-refractivity contribution in [2.45, 2.75) is 13.5 Å². The maximum Gasteiger partial charge on any atom is 0.255 e. The smallest absolute Gasteiger partial charge is 0.255 e. The summed E-state index contributed by atoms with van der Waals surface area (Å²) in [5, 5.41) is 13.2. The Labute approximate surface area is 116 Å². The van der Waals surface area contributed by atoms with E-state index >= 15 is 0 Å². The number of phenols is 1. The van der Waals surface area contributed by atoms with Crippen LogP contribution in [0.1, 0.15) is 21.5 Å². The summed E-state index contributed by atoms with van der Waals surface area (Å²) in [4.78, 5) is 12.0. The van der Waals surface area contributed by atoms with Gasteiger partial charge in [0.05, 0.1) is 5.56 Å². The third-order valence-corrected chi connectivity index (χ3v) is 3.25. The van der Waals surface area contributed by atoms with E-state index in [1.807, 2.05) is 18.2 Å². The molecule has 0 aromatic heterocycles. The van der Waals surface area contributed by atoms with Gasteiger partial charge in [0.1, 0.15) is 5.75 Å². The lowest BCUT2D eigenvalue weighted by Gasteiger charge is -2.09. The van der Waals surface area contributed by atoms with Gasteiger partial charge in [0, 0.05) is 11.6 Å². The van der Waals surface area contributed by atoms with Gasteiger partial charge in [0.15, 0.2) is 0 Å². The number of benzene rings is 2. The normalized spacial score (nSPS) is 10.2. The van der Waals surface area contributed by atoms with Crippen LogP contribution >= 0.6 is 11.6 Å². The summed E-state index contributed by atoms with van der Waals surface area (Å²) >= 11 is 6.01. The Hall–Kier alpha value is -2.00. The molecule has 0 heterocycles. The number of halogens is 1. The molecule has 1 amide bonds. The predicted octanol–water partition coefficient (Wildman–Crippen LogP) is 3.28. The molecule has 0 fully saturated rings. The molecule has 0 bridgehead atoms. The molecule has 0 aliphatic rings. The van der Waals surface area contributed by atoms with Crippen LogP contribution in [-0.4, -0.2) is 11.0 Å². The lowest BCUT2D eigenvalue weighted by Crippen LogP contribution is -2.23. The summed E-state index contributed by atoms with van der Waals surface area (Å²) in [5.41, 5.74) is 1.78. The van der Waals surface area contributed by atoms with E-state index < -0.39 is 0 Å². The molecule has 0 saturated heterocycles. The lowest BCUT2D eigenvalue weighted by molar-refractivity contribution is 0.0948. The van der Waals surface area contributed by atoms with Gasteiger partial charge in [-0.1, -0.05) is 41.9 Å². The monoisotopic (exact) mass is 275 g/mol. The largest absolute Gasteiger partial charge is 0.507 e. The van der Waals surface area contributed by atoms with E-state index in [0.717, 1.165) is 5.56 Å². The maximum absolute atomic E-state index is 12.0. The molecule has 0 radical (unpaired) electrons. The summed E-state index contributed by atoms with van der Waals surface area (Å²) < 4.78 is 0. The van der Waals surface area contributed by atoms with E-state index in [1.54, 1.807) is 31.2 Å². The summed E-state index contributed by atoms with van der Waals surface area (Å²) in [7, 11) is 0. The summed E-state index contributed by atoms with van der Waals surface area (Å²) in [5.74, 6) is -0.305. The van der Waals surface area contributed by atoms with Crippen LogP contribution in [0, 0.1) is 6.92 Å². The molecule has 19 heavy (non-hydrogen) atoms. The molecule has 98 valence electrons. The molecule has 2 rings (SSSR count). The number of aryl methyl sites for hydroxylation is 1. The van der Waals surface area contributed by atoms with Crippen molar-refractivity contribution in [2.75, 3.05) is 0 Å². The van der Waals surface area contributed by atoms with Crippen LogP contribution in [0.25, 0.3) is 0 Å². The van der Waals surface area contributed by atoms with Crippen molar-refractivity contribution in [3.63, 3.8) is 0 Å². The average Bonchev–Trinajstić information content (AvgIpc) is 2.40. The van der Waals surface area contributed by atoms with Crippen LogP contribution in [0.3, 0.4) is 0 Å². The molecule has 0 spiro atoms. The van der Waals surface area contributed by atoms with E-state index in [0.29, 0.717) is 17.1 Å². The topological polar surface area (TPSA) is 49.3 Å². The summed E-state index contributed by atoms with van der Waals surface area (Å²) in [6.07, 6.45) is 0. The van der Waals surface area contributed by atoms with Crippen LogP contribution in [0.4, 0.5) is 0 Å². The fraction of sp³-hybridized carbons (Fsp3) is 0.133. The minimum atomic E-state index is -0.318. The number of nitrogens with one attached hydrogen (secondary N) is 1. The van der Waals surface area contributed by atoms with Crippen molar-refractivity contribution in [1.82, 2.24) is 5.32 Å². The highest BCUT2D eigenvalue weighted by atomic mass is 35.5. The predicted molar refractivity (Wildman–Crippen MR) is 75.5 cm³/mol. The molecule has 0 saturated carbocycles. The Bertz CT molecular complexity index is 611. The second-order valence-corrected chi connectivity index (χ2v) is 4.65. The van der Waals surface area contributed by atoms with Crippen molar-refractivity contribution in [2.24, 2.45) is 0 Å². The van der Waals surface area contributed by atoms with Crippen LogP contribution in [-0.2, 0) is 6.54 Å². The van der Waals surface area contributed by atoms with Crippen LogP contribution in [0.2, 0.25) is 5.02 Å². The standard InChI is InChI=1S/C15H14ClNO2/c1-10-5-4-7-12(14(10)18)15(19)17-9-11-6-2-3-8-13(11)16/h2-8,18H,9H2,1H3,(H,17,19). The van der Waals surface area contributed by atoms with E-state index in [9.17, 15) is 9.90 Å². The van der Waals surface area contributed by atoms with Crippen molar-refractivity contribution in [3.05, 3.63) is 64.2 Å². The molecule has 0 atom stereocenters. The third-order valence-electron chi connectivity index (χ3n) is 2.88. The fourth-order valence-corrected chi connectivity index (χ4v) is 1.96. The van der Waals surface area contributed by atoms with Gasteiger partial charge >= 0.3 is 0 Å². The number of para-hydroxylation sites is 1. The first-order valence-corrected chi connectivity index (χ1v) is 6.27. The number of phenolic OH excluding ortho intramolecular Hbond substituents is 1. The number of carbonyl (C=O) groups excluding carboxylic acids is 1. The number of hydrogen-bond acceptors (Lipinski definition) is 2. The first-order valence-electron chi connectivity index (χ1n) is 5.90. The van der Waals surface area contributed by atoms with Gasteiger partial charge < -0.3 is 10.4 Å². The van der Waals surface area contributed by atoms with Gasteiger partial charge in [0.2, 0.25) is 0 Å². The first kappa shape index (κ1) is 13.4. The highest BCUT2D eigenvalue weighted by molar-refractivity contribution is 6.31. The van der Waals surface area contributed by atoms with Crippen molar-refractivity contribution in [3.8, 4) is 5.75 Å². The van der Waals surface area contributed by atoms with Gasteiger partial charge in [0.25, 0.3) is 5.91 Å². The highest BCUT2D eigenvalue weighted by Gasteiger charge is 2.12. The fourth-order valence-electron chi connectivity index (χ4n) is 1.75. The molecule has 0 aliphatic heterocycles. The van der Waals surface area contributed by atoms with Crippen molar-refractivity contribution in [1.29, 1.82) is 0 Å². The number of hydrogen-bond donors (Lipinski definition) is 2. The van der Waals surface area contributed by atoms with Gasteiger partial charge in [-0.05, 0) is 30.2 Å². The second kappa shape index (κ2) is 5.76. The van der Waals surface area contributed by atoms with Crippen LogP contribution < -0.4 is 5.32 Å². The molecular formula is C15H14ClNO2. The zero-order valence-electron chi connectivity index (χ0n) is 10.5. The summed E-state index contributed by atoms with van der Waals surface area (Å²) in [6, 6.07) is 12.4. The van der Waals surface area contributed by atoms with Gasteiger partial charge in [-0.25, -0.2) is 0 Å². The first-order chi connectivity index (χ1) is 9.09. The minimum absolute atomic E-state index is 0.0131. The zero-order valence-corrected chi connectivity index (χ0v) is 11.2. The molecule has 2 aromatic rings.